The number of halogens is 1. The Morgan fingerprint density at radius 3 is 2.90 bits per heavy atom. The van der Waals surface area contributed by atoms with E-state index in [2.05, 4.69) is 10.6 Å². The standard InChI is InChI=1S/C15H21FN2O2/c16-13-3-1-2-12(10-13)4-7-17-11-15(19)18-14-5-8-20-9-6-14/h1-3,10,14,17H,4-9,11H2,(H,18,19). The molecule has 4 nitrogen and oxygen atoms in total. The lowest BCUT2D eigenvalue weighted by molar-refractivity contribution is -0.121. The van der Waals surface area contributed by atoms with Crippen LogP contribution in [0.3, 0.4) is 0 Å². The molecule has 0 spiro atoms. The Kier molecular flexibility index (Phi) is 5.95. The Labute approximate surface area is 118 Å². The van der Waals surface area contributed by atoms with Crippen molar-refractivity contribution in [2.75, 3.05) is 26.3 Å². The number of nitrogens with one attached hydrogen (secondary N) is 2. The largest absolute Gasteiger partial charge is 0.381 e. The van der Waals surface area contributed by atoms with E-state index in [4.69, 9.17) is 4.74 Å². The molecule has 0 atom stereocenters. The van der Waals surface area contributed by atoms with Crippen LogP contribution < -0.4 is 10.6 Å². The van der Waals surface area contributed by atoms with E-state index in [0.29, 0.717) is 19.5 Å². The maximum Gasteiger partial charge on any atom is 0.234 e. The van der Waals surface area contributed by atoms with Crippen LogP contribution in [-0.2, 0) is 16.0 Å². The van der Waals surface area contributed by atoms with Crippen molar-refractivity contribution in [1.29, 1.82) is 0 Å². The topological polar surface area (TPSA) is 50.4 Å². The zero-order valence-electron chi connectivity index (χ0n) is 11.5. The fourth-order valence-electron chi connectivity index (χ4n) is 2.25. The summed E-state index contributed by atoms with van der Waals surface area (Å²) in [4.78, 5) is 11.7. The van der Waals surface area contributed by atoms with Crippen LogP contribution in [0.25, 0.3) is 0 Å². The third-order valence-electron chi connectivity index (χ3n) is 3.35. The van der Waals surface area contributed by atoms with Gasteiger partial charge in [0.15, 0.2) is 0 Å². The number of carbonyl (C=O) groups is 1. The summed E-state index contributed by atoms with van der Waals surface area (Å²) in [6.07, 6.45) is 2.48. The molecule has 1 aromatic carbocycles. The highest BCUT2D eigenvalue weighted by Crippen LogP contribution is 2.05. The van der Waals surface area contributed by atoms with E-state index < -0.39 is 0 Å². The Bertz CT molecular complexity index is 434. The summed E-state index contributed by atoms with van der Waals surface area (Å²) in [5.41, 5.74) is 0.933. The molecule has 1 fully saturated rings. The first kappa shape index (κ1) is 14.9. The highest BCUT2D eigenvalue weighted by Gasteiger charge is 2.15. The van der Waals surface area contributed by atoms with Gasteiger partial charge in [-0.05, 0) is 43.5 Å². The molecule has 0 unspecified atom stereocenters. The smallest absolute Gasteiger partial charge is 0.234 e. The first-order valence-corrected chi connectivity index (χ1v) is 7.06. The van der Waals surface area contributed by atoms with Gasteiger partial charge < -0.3 is 15.4 Å². The first-order valence-electron chi connectivity index (χ1n) is 7.06. The lowest BCUT2D eigenvalue weighted by Crippen LogP contribution is -2.43. The molecule has 2 rings (SSSR count). The molecule has 0 aromatic heterocycles. The van der Waals surface area contributed by atoms with Gasteiger partial charge in [0, 0.05) is 19.3 Å². The van der Waals surface area contributed by atoms with Crippen LogP contribution in [0.1, 0.15) is 18.4 Å². The van der Waals surface area contributed by atoms with Gasteiger partial charge >= 0.3 is 0 Å². The number of benzene rings is 1. The molecule has 0 bridgehead atoms. The van der Waals surface area contributed by atoms with E-state index in [0.717, 1.165) is 31.6 Å². The molecule has 1 aromatic rings. The van der Waals surface area contributed by atoms with E-state index in [9.17, 15) is 9.18 Å². The van der Waals surface area contributed by atoms with Crippen LogP contribution in [0.15, 0.2) is 24.3 Å². The molecule has 5 heteroatoms. The Hall–Kier alpha value is -1.46. The molecule has 0 aliphatic carbocycles. The predicted octanol–water partition coefficient (Wildman–Crippen LogP) is 1.25. The third kappa shape index (κ3) is 5.27. The number of hydrogen-bond donors (Lipinski definition) is 2. The van der Waals surface area contributed by atoms with Crippen LogP contribution >= 0.6 is 0 Å². The summed E-state index contributed by atoms with van der Waals surface area (Å²) in [7, 11) is 0. The summed E-state index contributed by atoms with van der Waals surface area (Å²) >= 11 is 0. The summed E-state index contributed by atoms with van der Waals surface area (Å²) in [5, 5.41) is 6.06. The van der Waals surface area contributed by atoms with Crippen LogP contribution in [0.2, 0.25) is 0 Å². The van der Waals surface area contributed by atoms with Gasteiger partial charge in [0.05, 0.1) is 6.54 Å². The molecule has 1 saturated heterocycles. The molecule has 110 valence electrons. The van der Waals surface area contributed by atoms with E-state index in [1.807, 2.05) is 6.07 Å². The highest BCUT2D eigenvalue weighted by atomic mass is 19.1. The molecular weight excluding hydrogens is 259 g/mol. The average molecular weight is 280 g/mol. The second kappa shape index (κ2) is 7.97. The van der Waals surface area contributed by atoms with Crippen LogP contribution in [0.5, 0.6) is 0 Å². The van der Waals surface area contributed by atoms with Crippen LogP contribution in [0.4, 0.5) is 4.39 Å². The van der Waals surface area contributed by atoms with Crippen molar-refractivity contribution in [2.45, 2.75) is 25.3 Å². The lowest BCUT2D eigenvalue weighted by atomic mass is 10.1. The number of hydrogen-bond acceptors (Lipinski definition) is 3. The molecular formula is C15H21FN2O2. The number of rotatable bonds is 6. The van der Waals surface area contributed by atoms with Crippen molar-refractivity contribution in [3.8, 4) is 0 Å². The molecule has 0 saturated carbocycles. The fraction of sp³-hybridized carbons (Fsp3) is 0.533. The van der Waals surface area contributed by atoms with Gasteiger partial charge in [0.25, 0.3) is 0 Å². The van der Waals surface area contributed by atoms with E-state index in [-0.39, 0.29) is 17.8 Å². The second-order valence-corrected chi connectivity index (χ2v) is 5.01. The maximum absolute atomic E-state index is 13.0. The number of amides is 1. The normalized spacial score (nSPS) is 16.1. The van der Waals surface area contributed by atoms with Gasteiger partial charge in [-0.3, -0.25) is 4.79 Å². The van der Waals surface area contributed by atoms with Crippen molar-refractivity contribution < 1.29 is 13.9 Å². The molecule has 0 radical (unpaired) electrons. The number of carbonyl (C=O) groups excluding carboxylic acids is 1. The van der Waals surface area contributed by atoms with Crippen LogP contribution in [-0.4, -0.2) is 38.3 Å². The van der Waals surface area contributed by atoms with Gasteiger partial charge in [-0.1, -0.05) is 12.1 Å². The molecule has 2 N–H and O–H groups in total. The Morgan fingerprint density at radius 1 is 1.35 bits per heavy atom. The molecule has 1 aliphatic heterocycles. The average Bonchev–Trinajstić information content (AvgIpc) is 2.45. The van der Waals surface area contributed by atoms with E-state index >= 15 is 0 Å². The quantitative estimate of drug-likeness (QED) is 0.771. The Morgan fingerprint density at radius 2 is 2.15 bits per heavy atom. The van der Waals surface area contributed by atoms with Gasteiger partial charge in [-0.2, -0.15) is 0 Å². The monoisotopic (exact) mass is 280 g/mol. The summed E-state index contributed by atoms with van der Waals surface area (Å²) in [6.45, 7) is 2.40. The minimum absolute atomic E-state index is 0.0103. The Balaban J connectivity index is 1.59. The molecule has 20 heavy (non-hydrogen) atoms. The van der Waals surface area contributed by atoms with Crippen molar-refractivity contribution in [3.05, 3.63) is 35.6 Å². The van der Waals surface area contributed by atoms with Gasteiger partial charge in [-0.15, -0.1) is 0 Å². The lowest BCUT2D eigenvalue weighted by Gasteiger charge is -2.23. The first-order chi connectivity index (χ1) is 9.74. The SMILES string of the molecule is O=C(CNCCc1cccc(F)c1)NC1CCOCC1. The maximum atomic E-state index is 13.0. The second-order valence-electron chi connectivity index (χ2n) is 5.01. The van der Waals surface area contributed by atoms with E-state index in [1.54, 1.807) is 6.07 Å². The summed E-state index contributed by atoms with van der Waals surface area (Å²) < 4.78 is 18.2. The fourth-order valence-corrected chi connectivity index (χ4v) is 2.25. The number of ether oxygens (including phenoxy) is 1. The van der Waals surface area contributed by atoms with Crippen molar-refractivity contribution in [2.24, 2.45) is 0 Å². The molecule has 1 amide bonds. The minimum atomic E-state index is -0.222. The minimum Gasteiger partial charge on any atom is -0.381 e. The van der Waals surface area contributed by atoms with Gasteiger partial charge in [-0.25, -0.2) is 4.39 Å². The van der Waals surface area contributed by atoms with Crippen molar-refractivity contribution >= 4 is 5.91 Å². The summed E-state index contributed by atoms with van der Waals surface area (Å²) in [6, 6.07) is 6.76. The molecule has 1 heterocycles. The zero-order valence-corrected chi connectivity index (χ0v) is 11.5. The van der Waals surface area contributed by atoms with Crippen molar-refractivity contribution in [3.63, 3.8) is 0 Å². The van der Waals surface area contributed by atoms with Gasteiger partial charge in [0.2, 0.25) is 5.91 Å². The zero-order chi connectivity index (χ0) is 14.2. The van der Waals surface area contributed by atoms with Crippen LogP contribution in [0, 0.1) is 5.82 Å². The van der Waals surface area contributed by atoms with Gasteiger partial charge in [0.1, 0.15) is 5.82 Å². The van der Waals surface area contributed by atoms with Crippen molar-refractivity contribution in [1.82, 2.24) is 10.6 Å². The third-order valence-corrected chi connectivity index (χ3v) is 3.35. The highest BCUT2D eigenvalue weighted by molar-refractivity contribution is 5.78. The summed E-state index contributed by atoms with van der Waals surface area (Å²) in [5.74, 6) is -0.212. The predicted molar refractivity (Wildman–Crippen MR) is 75.0 cm³/mol. The molecule has 1 aliphatic rings. The van der Waals surface area contributed by atoms with E-state index in [1.165, 1.54) is 12.1 Å².